The lowest BCUT2D eigenvalue weighted by atomic mass is 10.2. The van der Waals surface area contributed by atoms with Gasteiger partial charge in [0, 0.05) is 18.4 Å². The summed E-state index contributed by atoms with van der Waals surface area (Å²) in [5, 5.41) is 12.1. The van der Waals surface area contributed by atoms with Crippen LogP contribution < -0.4 is 10.1 Å². The van der Waals surface area contributed by atoms with E-state index in [0.717, 1.165) is 29.5 Å². The molecule has 1 aromatic carbocycles. The third-order valence-corrected chi connectivity index (χ3v) is 3.00. The minimum Gasteiger partial charge on any atom is -0.495 e. The van der Waals surface area contributed by atoms with Crippen LogP contribution in [-0.4, -0.2) is 25.2 Å². The number of methoxy groups -OCH3 is 1. The molecule has 0 fully saturated rings. The van der Waals surface area contributed by atoms with Gasteiger partial charge in [0.1, 0.15) is 5.75 Å². The van der Waals surface area contributed by atoms with E-state index in [-0.39, 0.29) is 0 Å². The minimum absolute atomic E-state index is 0.616. The summed E-state index contributed by atoms with van der Waals surface area (Å²) in [6.07, 6.45) is 0. The zero-order valence-electron chi connectivity index (χ0n) is 9.62. The Kier molecular flexibility index (Phi) is 5.58. The predicted octanol–water partition coefficient (Wildman–Crippen LogP) is 2.73. The molecule has 16 heavy (non-hydrogen) atoms. The molecule has 0 aliphatic carbocycles. The van der Waals surface area contributed by atoms with Gasteiger partial charge < -0.3 is 10.1 Å². The maximum atomic E-state index is 8.77. The second kappa shape index (κ2) is 7.02. The fourth-order valence-electron chi connectivity index (χ4n) is 1.31. The third-order valence-electron chi connectivity index (χ3n) is 2.10. The van der Waals surface area contributed by atoms with Crippen LogP contribution in [0, 0.1) is 11.3 Å². The zero-order valence-corrected chi connectivity index (χ0v) is 10.4. The molecule has 0 spiro atoms. The van der Waals surface area contributed by atoms with Crippen molar-refractivity contribution in [2.24, 2.45) is 0 Å². The number of thioether (sulfide) groups is 1. The molecular weight excluding hydrogens is 220 g/mol. The molecule has 1 N–H and O–H groups in total. The Morgan fingerprint density at radius 2 is 2.31 bits per heavy atom. The molecule has 0 aliphatic rings. The predicted molar refractivity (Wildman–Crippen MR) is 69.2 cm³/mol. The number of ether oxygens (including phenoxy) is 1. The molecule has 1 aromatic rings. The lowest BCUT2D eigenvalue weighted by Gasteiger charge is -2.10. The lowest BCUT2D eigenvalue weighted by molar-refractivity contribution is 0.416. The molecule has 1 rings (SSSR count). The van der Waals surface area contributed by atoms with E-state index in [9.17, 15) is 0 Å². The number of hydrogen-bond donors (Lipinski definition) is 1. The van der Waals surface area contributed by atoms with Gasteiger partial charge in [0.15, 0.2) is 0 Å². The van der Waals surface area contributed by atoms with Crippen LogP contribution in [-0.2, 0) is 0 Å². The van der Waals surface area contributed by atoms with E-state index >= 15 is 0 Å². The maximum Gasteiger partial charge on any atom is 0.143 e. The number of anilines is 1. The van der Waals surface area contributed by atoms with Gasteiger partial charge in [0.05, 0.1) is 24.4 Å². The first-order chi connectivity index (χ1) is 7.81. The van der Waals surface area contributed by atoms with E-state index < -0.39 is 0 Å². The van der Waals surface area contributed by atoms with Gasteiger partial charge in [-0.2, -0.15) is 17.0 Å². The average molecular weight is 236 g/mol. The van der Waals surface area contributed by atoms with E-state index in [0.29, 0.717) is 5.56 Å². The minimum atomic E-state index is 0.616. The Balaban J connectivity index is 2.62. The molecule has 0 aromatic heterocycles. The number of nitriles is 1. The van der Waals surface area contributed by atoms with Crippen LogP contribution in [0.15, 0.2) is 18.2 Å². The highest BCUT2D eigenvalue weighted by Gasteiger charge is 2.03. The van der Waals surface area contributed by atoms with Gasteiger partial charge >= 0.3 is 0 Å². The molecule has 86 valence electrons. The standard InChI is InChI=1S/C12H16N2OS/c1-3-16-7-6-14-11-5-4-10(9-13)8-12(11)15-2/h4-5,8,14H,3,6-7H2,1-2H3. The van der Waals surface area contributed by atoms with Crippen LogP contribution in [0.5, 0.6) is 5.75 Å². The SMILES string of the molecule is CCSCCNc1ccc(C#N)cc1OC. The molecule has 0 aliphatic heterocycles. The first-order valence-corrected chi connectivity index (χ1v) is 6.37. The molecule has 0 radical (unpaired) electrons. The highest BCUT2D eigenvalue weighted by Crippen LogP contribution is 2.25. The van der Waals surface area contributed by atoms with E-state index in [4.69, 9.17) is 10.00 Å². The van der Waals surface area contributed by atoms with Crippen LogP contribution in [0.1, 0.15) is 12.5 Å². The molecule has 0 unspecified atom stereocenters. The van der Waals surface area contributed by atoms with Crippen molar-refractivity contribution in [2.75, 3.05) is 30.5 Å². The number of benzene rings is 1. The quantitative estimate of drug-likeness (QED) is 0.771. The first kappa shape index (κ1) is 12.7. The Morgan fingerprint density at radius 3 is 2.94 bits per heavy atom. The molecule has 0 atom stereocenters. The summed E-state index contributed by atoms with van der Waals surface area (Å²) in [6.45, 7) is 3.05. The van der Waals surface area contributed by atoms with Gasteiger partial charge in [0.25, 0.3) is 0 Å². The highest BCUT2D eigenvalue weighted by molar-refractivity contribution is 7.99. The summed E-state index contributed by atoms with van der Waals surface area (Å²) in [5.41, 5.74) is 1.56. The number of hydrogen-bond acceptors (Lipinski definition) is 4. The molecule has 0 amide bonds. The summed E-state index contributed by atoms with van der Waals surface area (Å²) in [7, 11) is 1.61. The van der Waals surface area contributed by atoms with Crippen molar-refractivity contribution < 1.29 is 4.74 Å². The lowest BCUT2D eigenvalue weighted by Crippen LogP contribution is -2.05. The summed E-state index contributed by atoms with van der Waals surface area (Å²) >= 11 is 1.89. The first-order valence-electron chi connectivity index (χ1n) is 5.21. The second-order valence-corrected chi connectivity index (χ2v) is 4.54. The van der Waals surface area contributed by atoms with Gasteiger partial charge in [-0.1, -0.05) is 6.92 Å². The molecule has 0 saturated heterocycles. The van der Waals surface area contributed by atoms with Gasteiger partial charge in [0.2, 0.25) is 0 Å². The van der Waals surface area contributed by atoms with Crippen LogP contribution in [0.2, 0.25) is 0 Å². The summed E-state index contributed by atoms with van der Waals surface area (Å²) < 4.78 is 5.22. The van der Waals surface area contributed by atoms with Gasteiger partial charge in [-0.15, -0.1) is 0 Å². The molecule has 3 nitrogen and oxygen atoms in total. The van der Waals surface area contributed by atoms with Gasteiger partial charge in [-0.25, -0.2) is 0 Å². The van der Waals surface area contributed by atoms with E-state index in [1.165, 1.54) is 0 Å². The Hall–Kier alpha value is -1.34. The van der Waals surface area contributed by atoms with E-state index in [2.05, 4.69) is 18.3 Å². The fraction of sp³-hybridized carbons (Fsp3) is 0.417. The smallest absolute Gasteiger partial charge is 0.143 e. The zero-order chi connectivity index (χ0) is 11.8. The third kappa shape index (κ3) is 3.67. The van der Waals surface area contributed by atoms with E-state index in [1.54, 1.807) is 19.2 Å². The number of nitrogens with zero attached hydrogens (tertiary/aromatic N) is 1. The summed E-state index contributed by atoms with van der Waals surface area (Å²) in [5.74, 6) is 2.92. The van der Waals surface area contributed by atoms with Crippen molar-refractivity contribution in [3.8, 4) is 11.8 Å². The normalized spacial score (nSPS) is 9.56. The van der Waals surface area contributed by atoms with Crippen LogP contribution >= 0.6 is 11.8 Å². The van der Waals surface area contributed by atoms with Crippen molar-refractivity contribution in [2.45, 2.75) is 6.92 Å². The van der Waals surface area contributed by atoms with Crippen LogP contribution in [0.4, 0.5) is 5.69 Å². The summed E-state index contributed by atoms with van der Waals surface area (Å²) in [6, 6.07) is 7.51. The monoisotopic (exact) mass is 236 g/mol. The second-order valence-electron chi connectivity index (χ2n) is 3.15. The van der Waals surface area contributed by atoms with Gasteiger partial charge in [-0.3, -0.25) is 0 Å². The van der Waals surface area contributed by atoms with Crippen molar-refractivity contribution >= 4 is 17.4 Å². The Bertz CT molecular complexity index is 374. The Morgan fingerprint density at radius 1 is 1.50 bits per heavy atom. The van der Waals surface area contributed by atoms with Crippen LogP contribution in [0.3, 0.4) is 0 Å². The van der Waals surface area contributed by atoms with Crippen LogP contribution in [0.25, 0.3) is 0 Å². The molecule has 4 heteroatoms. The molecule has 0 bridgehead atoms. The largest absolute Gasteiger partial charge is 0.495 e. The van der Waals surface area contributed by atoms with Gasteiger partial charge in [-0.05, 0) is 17.9 Å². The van der Waals surface area contributed by atoms with Crippen molar-refractivity contribution in [1.82, 2.24) is 0 Å². The average Bonchev–Trinajstić information content (AvgIpc) is 2.34. The fourth-order valence-corrected chi connectivity index (χ4v) is 1.84. The Labute approximate surface area is 101 Å². The molecule has 0 heterocycles. The number of rotatable bonds is 6. The highest BCUT2D eigenvalue weighted by atomic mass is 32.2. The topological polar surface area (TPSA) is 45.0 Å². The maximum absolute atomic E-state index is 8.77. The van der Waals surface area contributed by atoms with E-state index in [1.807, 2.05) is 17.8 Å². The van der Waals surface area contributed by atoms with Crippen molar-refractivity contribution in [3.05, 3.63) is 23.8 Å². The molecule has 0 saturated carbocycles. The summed E-state index contributed by atoms with van der Waals surface area (Å²) in [4.78, 5) is 0. The van der Waals surface area contributed by atoms with Crippen molar-refractivity contribution in [3.63, 3.8) is 0 Å². The van der Waals surface area contributed by atoms with Crippen molar-refractivity contribution in [1.29, 1.82) is 5.26 Å². The number of nitrogens with one attached hydrogen (secondary N) is 1. The molecular formula is C12H16N2OS.